The van der Waals surface area contributed by atoms with Gasteiger partial charge in [0.15, 0.2) is 0 Å². The second kappa shape index (κ2) is 4.98. The van der Waals surface area contributed by atoms with Crippen molar-refractivity contribution in [2.45, 2.75) is 44.6 Å². The molecule has 1 saturated carbocycles. The molecule has 3 nitrogen and oxygen atoms in total. The SMILES string of the molecule is CCOC1CC(O)C12CCN(CC(F)(F)F)CC2. The Morgan fingerprint density at radius 3 is 2.39 bits per heavy atom. The van der Waals surface area contributed by atoms with E-state index in [1.807, 2.05) is 6.92 Å². The van der Waals surface area contributed by atoms with Crippen LogP contribution in [0.5, 0.6) is 0 Å². The molecular weight excluding hydrogens is 247 g/mol. The first-order valence-electron chi connectivity index (χ1n) is 6.46. The Hall–Kier alpha value is -0.330. The standard InChI is InChI=1S/C12H20F3NO2/c1-2-18-10-7-9(17)11(10)3-5-16(6-4-11)8-12(13,14)15/h9-10,17H,2-8H2,1H3. The molecule has 2 atom stereocenters. The minimum Gasteiger partial charge on any atom is -0.392 e. The molecule has 1 aliphatic heterocycles. The highest BCUT2D eigenvalue weighted by Crippen LogP contribution is 2.51. The van der Waals surface area contributed by atoms with E-state index in [9.17, 15) is 18.3 Å². The van der Waals surface area contributed by atoms with Crippen molar-refractivity contribution in [1.82, 2.24) is 4.90 Å². The first kappa shape index (κ1) is 14.1. The maximum atomic E-state index is 12.3. The van der Waals surface area contributed by atoms with E-state index in [1.54, 1.807) is 0 Å². The molecule has 2 unspecified atom stereocenters. The van der Waals surface area contributed by atoms with Gasteiger partial charge in [0.2, 0.25) is 0 Å². The molecule has 0 bridgehead atoms. The summed E-state index contributed by atoms with van der Waals surface area (Å²) in [6.07, 6.45) is -2.73. The molecule has 0 amide bonds. The average Bonchev–Trinajstić information content (AvgIpc) is 2.28. The summed E-state index contributed by atoms with van der Waals surface area (Å²) in [7, 11) is 0. The van der Waals surface area contributed by atoms with Gasteiger partial charge in [-0.3, -0.25) is 4.90 Å². The molecule has 2 fully saturated rings. The van der Waals surface area contributed by atoms with Crippen LogP contribution in [-0.2, 0) is 4.74 Å². The van der Waals surface area contributed by atoms with Gasteiger partial charge in [-0.15, -0.1) is 0 Å². The molecule has 18 heavy (non-hydrogen) atoms. The average molecular weight is 267 g/mol. The van der Waals surface area contributed by atoms with Crippen molar-refractivity contribution in [3.63, 3.8) is 0 Å². The number of alkyl halides is 3. The van der Waals surface area contributed by atoms with Crippen molar-refractivity contribution < 1.29 is 23.0 Å². The molecule has 1 spiro atoms. The van der Waals surface area contributed by atoms with Gasteiger partial charge in [0, 0.05) is 18.4 Å². The number of nitrogens with zero attached hydrogens (tertiary/aromatic N) is 1. The van der Waals surface area contributed by atoms with Crippen LogP contribution in [0.1, 0.15) is 26.2 Å². The molecule has 0 aromatic carbocycles. The second-order valence-electron chi connectivity index (χ2n) is 5.32. The van der Waals surface area contributed by atoms with Crippen LogP contribution in [0.3, 0.4) is 0 Å². The lowest BCUT2D eigenvalue weighted by Gasteiger charge is -2.56. The third kappa shape index (κ3) is 2.65. The van der Waals surface area contributed by atoms with Crippen LogP contribution < -0.4 is 0 Å². The van der Waals surface area contributed by atoms with E-state index < -0.39 is 18.8 Å². The van der Waals surface area contributed by atoms with Gasteiger partial charge >= 0.3 is 6.18 Å². The summed E-state index contributed by atoms with van der Waals surface area (Å²) in [6, 6.07) is 0. The number of aliphatic hydroxyl groups is 1. The van der Waals surface area contributed by atoms with Crippen LogP contribution in [0.15, 0.2) is 0 Å². The van der Waals surface area contributed by atoms with Gasteiger partial charge in [-0.1, -0.05) is 0 Å². The molecule has 1 heterocycles. The minimum atomic E-state index is -4.14. The van der Waals surface area contributed by atoms with Crippen molar-refractivity contribution in [2.24, 2.45) is 5.41 Å². The van der Waals surface area contributed by atoms with Crippen LogP contribution in [0.4, 0.5) is 13.2 Å². The lowest BCUT2D eigenvalue weighted by Crippen LogP contribution is -2.62. The van der Waals surface area contributed by atoms with E-state index >= 15 is 0 Å². The summed E-state index contributed by atoms with van der Waals surface area (Å²) in [5.41, 5.74) is -0.294. The summed E-state index contributed by atoms with van der Waals surface area (Å²) < 4.78 is 42.4. The Kier molecular flexibility index (Phi) is 3.90. The molecular formula is C12H20F3NO2. The van der Waals surface area contributed by atoms with E-state index in [2.05, 4.69) is 0 Å². The number of piperidine rings is 1. The third-order valence-electron chi connectivity index (χ3n) is 4.30. The lowest BCUT2D eigenvalue weighted by molar-refractivity contribution is -0.216. The van der Waals surface area contributed by atoms with Crippen LogP contribution in [-0.4, -0.2) is 54.6 Å². The van der Waals surface area contributed by atoms with E-state index in [1.165, 1.54) is 4.90 Å². The zero-order valence-corrected chi connectivity index (χ0v) is 10.5. The highest BCUT2D eigenvalue weighted by Gasteiger charge is 2.56. The van der Waals surface area contributed by atoms with E-state index in [4.69, 9.17) is 4.74 Å². The molecule has 1 aliphatic carbocycles. The first-order valence-corrected chi connectivity index (χ1v) is 6.46. The smallest absolute Gasteiger partial charge is 0.392 e. The number of hydrogen-bond acceptors (Lipinski definition) is 3. The van der Waals surface area contributed by atoms with Gasteiger partial charge in [-0.05, 0) is 32.9 Å². The van der Waals surface area contributed by atoms with Crippen molar-refractivity contribution in [1.29, 1.82) is 0 Å². The van der Waals surface area contributed by atoms with Gasteiger partial charge in [-0.25, -0.2) is 0 Å². The van der Waals surface area contributed by atoms with Crippen molar-refractivity contribution in [2.75, 3.05) is 26.2 Å². The molecule has 2 rings (SSSR count). The van der Waals surface area contributed by atoms with E-state index in [0.717, 1.165) is 0 Å². The Morgan fingerprint density at radius 2 is 1.94 bits per heavy atom. The summed E-state index contributed by atoms with van der Waals surface area (Å²) in [6.45, 7) is 2.42. The lowest BCUT2D eigenvalue weighted by atomic mass is 9.58. The number of likely N-dealkylation sites (tertiary alicyclic amines) is 1. The minimum absolute atomic E-state index is 0.0190. The van der Waals surface area contributed by atoms with E-state index in [-0.39, 0.29) is 11.5 Å². The number of rotatable bonds is 3. The van der Waals surface area contributed by atoms with Crippen LogP contribution in [0.2, 0.25) is 0 Å². The summed E-state index contributed by atoms with van der Waals surface area (Å²) in [4.78, 5) is 1.42. The Morgan fingerprint density at radius 1 is 1.33 bits per heavy atom. The van der Waals surface area contributed by atoms with Crippen molar-refractivity contribution >= 4 is 0 Å². The second-order valence-corrected chi connectivity index (χ2v) is 5.32. The Balaban J connectivity index is 1.89. The fourth-order valence-electron chi connectivity index (χ4n) is 3.20. The number of hydrogen-bond donors (Lipinski definition) is 1. The summed E-state index contributed by atoms with van der Waals surface area (Å²) >= 11 is 0. The highest BCUT2D eigenvalue weighted by atomic mass is 19.4. The molecule has 0 aromatic rings. The monoisotopic (exact) mass is 267 g/mol. The highest BCUT2D eigenvalue weighted by molar-refractivity contribution is 5.06. The zero-order valence-electron chi connectivity index (χ0n) is 10.5. The number of ether oxygens (including phenoxy) is 1. The molecule has 1 saturated heterocycles. The van der Waals surface area contributed by atoms with Gasteiger partial charge in [-0.2, -0.15) is 13.2 Å². The van der Waals surface area contributed by atoms with Gasteiger partial charge in [0.25, 0.3) is 0 Å². The fraction of sp³-hybridized carbons (Fsp3) is 1.00. The quantitative estimate of drug-likeness (QED) is 0.846. The normalized spacial score (nSPS) is 32.5. The van der Waals surface area contributed by atoms with Gasteiger partial charge in [0.05, 0.1) is 18.8 Å². The Bertz CT molecular complexity index is 286. The predicted molar refractivity (Wildman–Crippen MR) is 60.2 cm³/mol. The first-order chi connectivity index (χ1) is 8.37. The molecule has 6 heteroatoms. The van der Waals surface area contributed by atoms with Crippen LogP contribution in [0.25, 0.3) is 0 Å². The summed E-state index contributed by atoms with van der Waals surface area (Å²) in [5.74, 6) is 0. The van der Waals surface area contributed by atoms with Crippen molar-refractivity contribution in [3.8, 4) is 0 Å². The fourth-order valence-corrected chi connectivity index (χ4v) is 3.20. The van der Waals surface area contributed by atoms with Crippen LogP contribution in [0, 0.1) is 5.41 Å². The third-order valence-corrected chi connectivity index (χ3v) is 4.30. The summed E-state index contributed by atoms with van der Waals surface area (Å²) in [5, 5.41) is 9.92. The van der Waals surface area contributed by atoms with E-state index in [0.29, 0.717) is 39.0 Å². The maximum Gasteiger partial charge on any atom is 0.401 e. The Labute approximate surface area is 105 Å². The predicted octanol–water partition coefficient (Wildman–Crippen LogP) is 1.80. The largest absolute Gasteiger partial charge is 0.401 e. The number of halogens is 3. The van der Waals surface area contributed by atoms with Gasteiger partial charge < -0.3 is 9.84 Å². The topological polar surface area (TPSA) is 32.7 Å². The molecule has 0 radical (unpaired) electrons. The molecule has 106 valence electrons. The molecule has 1 N–H and O–H groups in total. The van der Waals surface area contributed by atoms with Gasteiger partial charge in [0.1, 0.15) is 0 Å². The van der Waals surface area contributed by atoms with Crippen molar-refractivity contribution in [3.05, 3.63) is 0 Å². The zero-order chi connectivity index (χ0) is 13.4. The maximum absolute atomic E-state index is 12.3. The molecule has 2 aliphatic rings. The number of aliphatic hydroxyl groups excluding tert-OH is 1. The molecule has 0 aromatic heterocycles. The van der Waals surface area contributed by atoms with Crippen LogP contribution >= 0.6 is 0 Å².